The molecule has 0 atom stereocenters. The molecule has 1 aromatic carbocycles. The molecule has 0 aliphatic rings. The highest BCUT2D eigenvalue weighted by Crippen LogP contribution is 2.10. The summed E-state index contributed by atoms with van der Waals surface area (Å²) in [5.41, 5.74) is 3.46. The van der Waals surface area contributed by atoms with Crippen molar-refractivity contribution < 1.29 is 4.39 Å². The molecule has 0 aliphatic heterocycles. The molecule has 0 bridgehead atoms. The van der Waals surface area contributed by atoms with Crippen molar-refractivity contribution in [1.82, 2.24) is 4.98 Å². The summed E-state index contributed by atoms with van der Waals surface area (Å²) >= 11 is 0. The summed E-state index contributed by atoms with van der Waals surface area (Å²) in [7, 11) is 0. The van der Waals surface area contributed by atoms with Crippen molar-refractivity contribution in [2.24, 2.45) is 5.84 Å². The second kappa shape index (κ2) is 5.27. The van der Waals surface area contributed by atoms with E-state index in [0.717, 1.165) is 5.56 Å². The topological polar surface area (TPSA) is 63.0 Å². The zero-order valence-electron chi connectivity index (χ0n) is 9.15. The number of aromatic nitrogens is 1. The second-order valence-corrected chi connectivity index (χ2v) is 3.53. The van der Waals surface area contributed by atoms with E-state index >= 15 is 0 Å². The monoisotopic (exact) mass is 232 g/mol. The minimum atomic E-state index is -0.235. The molecule has 0 amide bonds. The molecule has 0 spiro atoms. The third-order valence-corrected chi connectivity index (χ3v) is 2.28. The van der Waals surface area contributed by atoms with Gasteiger partial charge in [0.25, 0.3) is 0 Å². The Hall–Kier alpha value is -2.14. The number of pyridine rings is 1. The Kier molecular flexibility index (Phi) is 3.52. The van der Waals surface area contributed by atoms with E-state index in [1.807, 2.05) is 12.1 Å². The standard InChI is InChI=1S/C12H13FN4/c13-10-6-4-9(5-7-10)8-15-11-2-1-3-12(16-11)17-14/h1-7H,8,14H2,(H2,15,16,17). The van der Waals surface area contributed by atoms with E-state index in [9.17, 15) is 4.39 Å². The van der Waals surface area contributed by atoms with Gasteiger partial charge in [-0.3, -0.25) is 0 Å². The van der Waals surface area contributed by atoms with Crippen LogP contribution in [0, 0.1) is 5.82 Å². The number of nitrogens with one attached hydrogen (secondary N) is 2. The Morgan fingerprint density at radius 3 is 2.47 bits per heavy atom. The SMILES string of the molecule is NNc1cccc(NCc2ccc(F)cc2)n1. The molecule has 5 heteroatoms. The van der Waals surface area contributed by atoms with E-state index in [1.54, 1.807) is 18.2 Å². The maximum Gasteiger partial charge on any atom is 0.142 e. The van der Waals surface area contributed by atoms with E-state index < -0.39 is 0 Å². The summed E-state index contributed by atoms with van der Waals surface area (Å²) < 4.78 is 12.7. The van der Waals surface area contributed by atoms with E-state index in [1.165, 1.54) is 12.1 Å². The maximum absolute atomic E-state index is 12.7. The molecular formula is C12H13FN4. The first-order chi connectivity index (χ1) is 8.28. The number of hydrogen-bond donors (Lipinski definition) is 3. The van der Waals surface area contributed by atoms with E-state index in [2.05, 4.69) is 15.7 Å². The first-order valence-electron chi connectivity index (χ1n) is 5.20. The number of rotatable bonds is 4. The summed E-state index contributed by atoms with van der Waals surface area (Å²) in [5, 5.41) is 3.13. The van der Waals surface area contributed by atoms with Crippen LogP contribution in [0.2, 0.25) is 0 Å². The Balaban J connectivity index is 1.99. The molecule has 0 fully saturated rings. The van der Waals surface area contributed by atoms with Crippen molar-refractivity contribution >= 4 is 11.6 Å². The molecule has 0 aliphatic carbocycles. The number of hydrogen-bond acceptors (Lipinski definition) is 4. The van der Waals surface area contributed by atoms with Crippen LogP contribution in [0.1, 0.15) is 5.56 Å². The quantitative estimate of drug-likeness (QED) is 0.558. The lowest BCUT2D eigenvalue weighted by atomic mass is 10.2. The van der Waals surface area contributed by atoms with Crippen LogP contribution >= 0.6 is 0 Å². The summed E-state index contributed by atoms with van der Waals surface area (Å²) in [6.07, 6.45) is 0. The lowest BCUT2D eigenvalue weighted by molar-refractivity contribution is 0.627. The molecule has 0 saturated heterocycles. The molecule has 0 saturated carbocycles. The fourth-order valence-electron chi connectivity index (χ4n) is 1.41. The van der Waals surface area contributed by atoms with Gasteiger partial charge in [0, 0.05) is 6.54 Å². The van der Waals surface area contributed by atoms with Gasteiger partial charge in [0.1, 0.15) is 17.5 Å². The van der Waals surface area contributed by atoms with Crippen LogP contribution < -0.4 is 16.6 Å². The van der Waals surface area contributed by atoms with Crippen molar-refractivity contribution in [3.63, 3.8) is 0 Å². The smallest absolute Gasteiger partial charge is 0.142 e. The molecular weight excluding hydrogens is 219 g/mol. The van der Waals surface area contributed by atoms with Gasteiger partial charge in [-0.2, -0.15) is 0 Å². The maximum atomic E-state index is 12.7. The zero-order valence-corrected chi connectivity index (χ0v) is 9.15. The highest BCUT2D eigenvalue weighted by atomic mass is 19.1. The minimum Gasteiger partial charge on any atom is -0.366 e. The first kappa shape index (κ1) is 11.3. The van der Waals surface area contributed by atoms with Gasteiger partial charge >= 0.3 is 0 Å². The van der Waals surface area contributed by atoms with Crippen LogP contribution in [0.15, 0.2) is 42.5 Å². The van der Waals surface area contributed by atoms with Crippen LogP contribution in [0.3, 0.4) is 0 Å². The molecule has 17 heavy (non-hydrogen) atoms. The van der Waals surface area contributed by atoms with Gasteiger partial charge in [0.2, 0.25) is 0 Å². The highest BCUT2D eigenvalue weighted by Gasteiger charge is 1.97. The van der Waals surface area contributed by atoms with Gasteiger partial charge in [-0.15, -0.1) is 0 Å². The molecule has 0 radical (unpaired) electrons. The molecule has 2 rings (SSSR count). The summed E-state index contributed by atoms with van der Waals surface area (Å²) in [6, 6.07) is 11.8. The molecule has 0 unspecified atom stereocenters. The van der Waals surface area contributed by atoms with E-state index in [4.69, 9.17) is 5.84 Å². The molecule has 4 nitrogen and oxygen atoms in total. The number of halogens is 1. The lowest BCUT2D eigenvalue weighted by Gasteiger charge is -2.07. The van der Waals surface area contributed by atoms with Gasteiger partial charge in [-0.1, -0.05) is 18.2 Å². The molecule has 2 aromatic rings. The zero-order chi connectivity index (χ0) is 12.1. The normalized spacial score (nSPS) is 10.0. The fraction of sp³-hybridized carbons (Fsp3) is 0.0833. The molecule has 88 valence electrons. The Morgan fingerprint density at radius 2 is 1.76 bits per heavy atom. The average Bonchev–Trinajstić information content (AvgIpc) is 2.38. The summed E-state index contributed by atoms with van der Waals surface area (Å²) in [5.74, 6) is 6.33. The Bertz CT molecular complexity index is 484. The second-order valence-electron chi connectivity index (χ2n) is 3.53. The summed E-state index contributed by atoms with van der Waals surface area (Å²) in [4.78, 5) is 4.20. The van der Waals surface area contributed by atoms with Gasteiger partial charge in [-0.25, -0.2) is 15.2 Å². The largest absolute Gasteiger partial charge is 0.366 e. The number of nitrogen functional groups attached to an aromatic ring is 1. The third kappa shape index (κ3) is 3.15. The highest BCUT2D eigenvalue weighted by molar-refractivity contribution is 5.44. The Morgan fingerprint density at radius 1 is 1.06 bits per heavy atom. The molecule has 4 N–H and O–H groups in total. The minimum absolute atomic E-state index is 0.235. The third-order valence-electron chi connectivity index (χ3n) is 2.28. The first-order valence-corrected chi connectivity index (χ1v) is 5.20. The van der Waals surface area contributed by atoms with Crippen molar-refractivity contribution in [2.45, 2.75) is 6.54 Å². The van der Waals surface area contributed by atoms with Crippen LogP contribution in [0.5, 0.6) is 0 Å². The predicted octanol–water partition coefficient (Wildman–Crippen LogP) is 2.12. The van der Waals surface area contributed by atoms with Gasteiger partial charge in [0.15, 0.2) is 0 Å². The Labute approximate surface area is 98.6 Å². The van der Waals surface area contributed by atoms with Crippen LogP contribution in [-0.2, 0) is 6.54 Å². The number of nitrogens with zero attached hydrogens (tertiary/aromatic N) is 1. The number of benzene rings is 1. The lowest BCUT2D eigenvalue weighted by Crippen LogP contribution is -2.09. The van der Waals surface area contributed by atoms with Crippen LogP contribution in [-0.4, -0.2) is 4.98 Å². The van der Waals surface area contributed by atoms with Crippen LogP contribution in [0.25, 0.3) is 0 Å². The van der Waals surface area contributed by atoms with Gasteiger partial charge in [-0.05, 0) is 29.8 Å². The van der Waals surface area contributed by atoms with Crippen molar-refractivity contribution in [1.29, 1.82) is 0 Å². The van der Waals surface area contributed by atoms with E-state index in [-0.39, 0.29) is 5.82 Å². The number of anilines is 2. The van der Waals surface area contributed by atoms with Crippen molar-refractivity contribution in [2.75, 3.05) is 10.7 Å². The van der Waals surface area contributed by atoms with Gasteiger partial charge in [0.05, 0.1) is 0 Å². The van der Waals surface area contributed by atoms with E-state index in [0.29, 0.717) is 18.2 Å². The van der Waals surface area contributed by atoms with Crippen molar-refractivity contribution in [3.8, 4) is 0 Å². The number of hydrazine groups is 1. The van der Waals surface area contributed by atoms with Gasteiger partial charge < -0.3 is 10.7 Å². The average molecular weight is 232 g/mol. The fourth-order valence-corrected chi connectivity index (χ4v) is 1.41. The predicted molar refractivity (Wildman–Crippen MR) is 65.8 cm³/mol. The molecule has 1 aromatic heterocycles. The summed E-state index contributed by atoms with van der Waals surface area (Å²) in [6.45, 7) is 0.585. The number of nitrogens with two attached hydrogens (primary N) is 1. The van der Waals surface area contributed by atoms with Crippen molar-refractivity contribution in [3.05, 3.63) is 53.8 Å². The van der Waals surface area contributed by atoms with Crippen LogP contribution in [0.4, 0.5) is 16.0 Å². The molecule has 1 heterocycles.